The maximum absolute atomic E-state index is 4.57. The summed E-state index contributed by atoms with van der Waals surface area (Å²) in [5.41, 5.74) is 6.28. The second-order valence-electron chi connectivity index (χ2n) is 5.39. The summed E-state index contributed by atoms with van der Waals surface area (Å²) < 4.78 is 0. The van der Waals surface area contributed by atoms with Gasteiger partial charge in [-0.3, -0.25) is 9.97 Å². The van der Waals surface area contributed by atoms with Crippen molar-refractivity contribution in [1.82, 2.24) is 9.97 Å². The molecular weight excluding hydrogens is 234 g/mol. The Morgan fingerprint density at radius 3 is 2.79 bits per heavy atom. The molecule has 3 heterocycles. The van der Waals surface area contributed by atoms with Crippen LogP contribution in [0.15, 0.2) is 30.7 Å². The van der Waals surface area contributed by atoms with Crippen molar-refractivity contribution in [2.75, 3.05) is 5.32 Å². The van der Waals surface area contributed by atoms with Crippen LogP contribution >= 0.6 is 0 Å². The molecule has 2 aromatic heterocycles. The molecule has 0 fully saturated rings. The van der Waals surface area contributed by atoms with Crippen molar-refractivity contribution in [3.8, 4) is 0 Å². The molecule has 0 unspecified atom stereocenters. The summed E-state index contributed by atoms with van der Waals surface area (Å²) in [6.07, 6.45) is 9.03. The maximum Gasteiger partial charge on any atom is 0.0481 e. The second-order valence-corrected chi connectivity index (χ2v) is 5.39. The Morgan fingerprint density at radius 1 is 1.11 bits per heavy atom. The molecule has 2 aromatic rings. The minimum atomic E-state index is 0.466. The number of anilines is 2. The number of fused-ring (bicyclic) bond motifs is 2. The Balaban J connectivity index is 2.08. The van der Waals surface area contributed by atoms with E-state index < -0.39 is 0 Å². The molecule has 1 aliphatic rings. The van der Waals surface area contributed by atoms with E-state index in [1.165, 1.54) is 28.2 Å². The lowest BCUT2D eigenvalue weighted by Crippen LogP contribution is -2.09. The van der Waals surface area contributed by atoms with Gasteiger partial charge in [-0.2, -0.15) is 0 Å². The minimum Gasteiger partial charge on any atom is -0.355 e. The number of nitrogens with zero attached hydrogens (tertiary/aromatic N) is 2. The molecule has 0 spiro atoms. The van der Waals surface area contributed by atoms with Crippen LogP contribution in [0.3, 0.4) is 0 Å². The summed E-state index contributed by atoms with van der Waals surface area (Å²) >= 11 is 0. The van der Waals surface area contributed by atoms with Crippen LogP contribution in [0, 0.1) is 0 Å². The molecule has 0 saturated heterocycles. The minimum absolute atomic E-state index is 0.466. The molecule has 3 rings (SSSR count). The van der Waals surface area contributed by atoms with Crippen LogP contribution in [0.25, 0.3) is 0 Å². The third-order valence-corrected chi connectivity index (χ3v) is 3.68. The molecule has 0 aliphatic carbocycles. The maximum atomic E-state index is 4.57. The molecule has 1 aliphatic heterocycles. The number of aromatic nitrogens is 2. The largest absolute Gasteiger partial charge is 0.355 e. The van der Waals surface area contributed by atoms with E-state index in [0.29, 0.717) is 5.92 Å². The van der Waals surface area contributed by atoms with Gasteiger partial charge >= 0.3 is 0 Å². The fourth-order valence-electron chi connectivity index (χ4n) is 2.73. The molecule has 3 heteroatoms. The number of hydrogen-bond acceptors (Lipinski definition) is 3. The third-order valence-electron chi connectivity index (χ3n) is 3.68. The highest BCUT2D eigenvalue weighted by Gasteiger charge is 2.16. The van der Waals surface area contributed by atoms with Crippen LogP contribution < -0.4 is 5.32 Å². The Hall–Kier alpha value is -1.90. The molecule has 98 valence electrons. The number of hydrogen-bond donors (Lipinski definition) is 1. The van der Waals surface area contributed by atoms with Gasteiger partial charge in [-0.05, 0) is 48.4 Å². The highest BCUT2D eigenvalue weighted by atomic mass is 14.9. The topological polar surface area (TPSA) is 37.8 Å². The average molecular weight is 253 g/mol. The van der Waals surface area contributed by atoms with E-state index in [4.69, 9.17) is 0 Å². The molecule has 0 radical (unpaired) electrons. The van der Waals surface area contributed by atoms with Gasteiger partial charge in [0.1, 0.15) is 0 Å². The van der Waals surface area contributed by atoms with E-state index in [2.05, 4.69) is 41.3 Å². The molecule has 3 nitrogen and oxygen atoms in total. The summed E-state index contributed by atoms with van der Waals surface area (Å²) in [5, 5.41) is 3.56. The highest BCUT2D eigenvalue weighted by molar-refractivity contribution is 5.67. The highest BCUT2D eigenvalue weighted by Crippen LogP contribution is 2.31. The lowest BCUT2D eigenvalue weighted by molar-refractivity contribution is 0.756. The molecule has 0 amide bonds. The van der Waals surface area contributed by atoms with Gasteiger partial charge in [0.2, 0.25) is 0 Å². The zero-order chi connectivity index (χ0) is 13.2. The monoisotopic (exact) mass is 253 g/mol. The lowest BCUT2D eigenvalue weighted by atomic mass is 9.95. The SMILES string of the molecule is CC(C)c1nccc2c1CCCc1cnccc1N2. The first-order chi connectivity index (χ1) is 9.25. The van der Waals surface area contributed by atoms with Gasteiger partial charge in [-0.15, -0.1) is 0 Å². The average Bonchev–Trinajstić information content (AvgIpc) is 2.38. The van der Waals surface area contributed by atoms with Crippen molar-refractivity contribution < 1.29 is 0 Å². The van der Waals surface area contributed by atoms with Crippen LogP contribution in [0.1, 0.15) is 43.0 Å². The molecule has 0 aromatic carbocycles. The number of pyridine rings is 2. The normalized spacial score (nSPS) is 14.1. The molecule has 19 heavy (non-hydrogen) atoms. The van der Waals surface area contributed by atoms with Crippen LogP contribution in [0.4, 0.5) is 11.4 Å². The van der Waals surface area contributed by atoms with E-state index in [-0.39, 0.29) is 0 Å². The summed E-state index contributed by atoms with van der Waals surface area (Å²) in [6.45, 7) is 4.42. The Kier molecular flexibility index (Phi) is 3.20. The summed E-state index contributed by atoms with van der Waals surface area (Å²) in [7, 11) is 0. The van der Waals surface area contributed by atoms with Gasteiger partial charge in [0, 0.05) is 35.7 Å². The third kappa shape index (κ3) is 2.33. The van der Waals surface area contributed by atoms with Crippen LogP contribution in [0.2, 0.25) is 0 Å². The zero-order valence-corrected chi connectivity index (χ0v) is 11.5. The Bertz CT molecular complexity index is 590. The fourth-order valence-corrected chi connectivity index (χ4v) is 2.73. The van der Waals surface area contributed by atoms with Crippen molar-refractivity contribution in [2.45, 2.75) is 39.0 Å². The van der Waals surface area contributed by atoms with Crippen LogP contribution in [-0.4, -0.2) is 9.97 Å². The second kappa shape index (κ2) is 5.00. The first kappa shape index (κ1) is 12.2. The van der Waals surface area contributed by atoms with Gasteiger partial charge in [0.05, 0.1) is 0 Å². The van der Waals surface area contributed by atoms with Gasteiger partial charge < -0.3 is 5.32 Å². The first-order valence-corrected chi connectivity index (χ1v) is 6.93. The van der Waals surface area contributed by atoms with Crippen molar-refractivity contribution in [1.29, 1.82) is 0 Å². The fraction of sp³-hybridized carbons (Fsp3) is 0.375. The molecule has 0 atom stereocenters. The number of aryl methyl sites for hydroxylation is 1. The quantitative estimate of drug-likeness (QED) is 0.839. The zero-order valence-electron chi connectivity index (χ0n) is 11.5. The van der Waals surface area contributed by atoms with E-state index in [1.54, 1.807) is 0 Å². The smallest absolute Gasteiger partial charge is 0.0481 e. The Labute approximate surface area is 114 Å². The van der Waals surface area contributed by atoms with Gasteiger partial charge in [0.25, 0.3) is 0 Å². The van der Waals surface area contributed by atoms with E-state index in [1.807, 2.05) is 18.6 Å². The van der Waals surface area contributed by atoms with Crippen molar-refractivity contribution in [3.05, 3.63) is 47.5 Å². The summed E-state index contributed by atoms with van der Waals surface area (Å²) in [6, 6.07) is 4.14. The Morgan fingerprint density at radius 2 is 1.95 bits per heavy atom. The van der Waals surface area contributed by atoms with Gasteiger partial charge in [0.15, 0.2) is 0 Å². The van der Waals surface area contributed by atoms with Crippen LogP contribution in [-0.2, 0) is 12.8 Å². The summed E-state index contributed by atoms with van der Waals surface area (Å²) in [4.78, 5) is 8.79. The van der Waals surface area contributed by atoms with Crippen molar-refractivity contribution in [2.24, 2.45) is 0 Å². The standard InChI is InChI=1S/C16H19N3/c1-11(2)16-13-5-3-4-12-10-17-8-6-14(12)19-15(13)7-9-18-16/h6-11,19H,3-5H2,1-2H3. The number of nitrogens with one attached hydrogen (secondary N) is 1. The number of rotatable bonds is 1. The molecule has 0 bridgehead atoms. The van der Waals surface area contributed by atoms with E-state index in [9.17, 15) is 0 Å². The van der Waals surface area contributed by atoms with Crippen molar-refractivity contribution >= 4 is 11.4 Å². The summed E-state index contributed by atoms with van der Waals surface area (Å²) in [5.74, 6) is 0.466. The van der Waals surface area contributed by atoms with E-state index in [0.717, 1.165) is 19.3 Å². The van der Waals surface area contributed by atoms with Crippen molar-refractivity contribution in [3.63, 3.8) is 0 Å². The van der Waals surface area contributed by atoms with E-state index >= 15 is 0 Å². The van der Waals surface area contributed by atoms with Gasteiger partial charge in [-0.25, -0.2) is 0 Å². The molecule has 0 saturated carbocycles. The first-order valence-electron chi connectivity index (χ1n) is 6.93. The van der Waals surface area contributed by atoms with Gasteiger partial charge in [-0.1, -0.05) is 13.8 Å². The molecular formula is C16H19N3. The molecule has 1 N–H and O–H groups in total. The predicted molar refractivity (Wildman–Crippen MR) is 77.9 cm³/mol. The predicted octanol–water partition coefficient (Wildman–Crippen LogP) is 3.83. The van der Waals surface area contributed by atoms with Crippen LogP contribution in [0.5, 0.6) is 0 Å². The lowest BCUT2D eigenvalue weighted by Gasteiger charge is -2.21.